The van der Waals surface area contributed by atoms with E-state index in [4.69, 9.17) is 5.73 Å². The first-order chi connectivity index (χ1) is 11.0. The second-order valence-electron chi connectivity index (χ2n) is 6.17. The lowest BCUT2D eigenvalue weighted by Crippen LogP contribution is -2.49. The highest BCUT2D eigenvalue weighted by atomic mass is 35.5. The summed E-state index contributed by atoms with van der Waals surface area (Å²) in [6, 6.07) is 5.05. The second-order valence-corrected chi connectivity index (χ2v) is 6.17. The summed E-state index contributed by atoms with van der Waals surface area (Å²) in [5.41, 5.74) is 6.77. The Morgan fingerprint density at radius 3 is 2.76 bits per heavy atom. The van der Waals surface area contributed by atoms with Crippen molar-refractivity contribution < 1.29 is 9.59 Å². The van der Waals surface area contributed by atoms with Crippen molar-refractivity contribution in [3.8, 4) is 0 Å². The number of anilines is 1. The van der Waals surface area contributed by atoms with Crippen LogP contribution in [0.3, 0.4) is 0 Å². The number of halogens is 2. The average Bonchev–Trinajstić information content (AvgIpc) is 2.54. The van der Waals surface area contributed by atoms with Crippen LogP contribution < -0.4 is 11.1 Å². The molecule has 6 nitrogen and oxygen atoms in total. The third-order valence-electron chi connectivity index (χ3n) is 4.16. The monoisotopic (exact) mass is 390 g/mol. The fourth-order valence-corrected chi connectivity index (χ4v) is 2.90. The number of pyridine rings is 1. The Kier molecular flexibility index (Phi) is 10.7. The van der Waals surface area contributed by atoms with Gasteiger partial charge in [0, 0.05) is 18.8 Å². The molecule has 142 valence electrons. The van der Waals surface area contributed by atoms with Crippen molar-refractivity contribution in [2.45, 2.75) is 45.6 Å². The van der Waals surface area contributed by atoms with Crippen LogP contribution in [0.15, 0.2) is 18.2 Å². The number of nitrogens with two attached hydrogens (primary N) is 1. The Balaban J connectivity index is 0.00000288. The first-order valence-electron chi connectivity index (χ1n) is 8.30. The van der Waals surface area contributed by atoms with Crippen LogP contribution in [-0.4, -0.2) is 40.8 Å². The van der Waals surface area contributed by atoms with Crippen molar-refractivity contribution in [1.29, 1.82) is 0 Å². The van der Waals surface area contributed by atoms with Crippen LogP contribution in [0.25, 0.3) is 0 Å². The van der Waals surface area contributed by atoms with Gasteiger partial charge in [-0.05, 0) is 38.3 Å². The molecule has 1 aromatic heterocycles. The summed E-state index contributed by atoms with van der Waals surface area (Å²) in [4.78, 5) is 30.8. The Morgan fingerprint density at radius 1 is 1.40 bits per heavy atom. The Bertz CT molecular complexity index is 571. The lowest BCUT2D eigenvalue weighted by molar-refractivity contribution is -0.136. The van der Waals surface area contributed by atoms with E-state index in [1.807, 2.05) is 26.0 Å². The normalized spacial score (nSPS) is 17.7. The Hall–Kier alpha value is -1.37. The molecule has 8 heteroatoms. The van der Waals surface area contributed by atoms with Crippen LogP contribution >= 0.6 is 24.8 Å². The zero-order valence-electron chi connectivity index (χ0n) is 14.7. The van der Waals surface area contributed by atoms with E-state index in [1.165, 1.54) is 0 Å². The third-order valence-corrected chi connectivity index (χ3v) is 4.16. The predicted octanol–water partition coefficient (Wildman–Crippen LogP) is 2.54. The van der Waals surface area contributed by atoms with Gasteiger partial charge in [-0.2, -0.15) is 0 Å². The quantitative estimate of drug-likeness (QED) is 0.808. The van der Waals surface area contributed by atoms with Gasteiger partial charge in [-0.25, -0.2) is 4.98 Å². The van der Waals surface area contributed by atoms with Gasteiger partial charge in [0.25, 0.3) is 0 Å². The van der Waals surface area contributed by atoms with E-state index in [-0.39, 0.29) is 42.5 Å². The van der Waals surface area contributed by atoms with Gasteiger partial charge in [0.15, 0.2) is 0 Å². The van der Waals surface area contributed by atoms with Crippen LogP contribution in [-0.2, 0) is 9.59 Å². The molecule has 0 bridgehead atoms. The molecule has 0 aromatic carbocycles. The van der Waals surface area contributed by atoms with Crippen LogP contribution in [0.1, 0.15) is 38.3 Å². The summed E-state index contributed by atoms with van der Waals surface area (Å²) >= 11 is 0. The summed E-state index contributed by atoms with van der Waals surface area (Å²) in [6.45, 7) is 5.01. The molecule has 2 amide bonds. The van der Waals surface area contributed by atoms with Crippen molar-refractivity contribution in [3.05, 3.63) is 23.9 Å². The largest absolute Gasteiger partial charge is 0.341 e. The molecule has 3 N–H and O–H groups in total. The molecule has 25 heavy (non-hydrogen) atoms. The predicted molar refractivity (Wildman–Crippen MR) is 104 cm³/mol. The summed E-state index contributed by atoms with van der Waals surface area (Å²) < 4.78 is 0. The van der Waals surface area contributed by atoms with E-state index in [0.717, 1.165) is 25.0 Å². The highest BCUT2D eigenvalue weighted by Crippen LogP contribution is 2.19. The van der Waals surface area contributed by atoms with Gasteiger partial charge < -0.3 is 16.0 Å². The molecule has 1 aliphatic rings. The number of nitrogens with zero attached hydrogens (tertiary/aromatic N) is 2. The fourth-order valence-electron chi connectivity index (χ4n) is 2.90. The van der Waals surface area contributed by atoms with E-state index in [9.17, 15) is 9.59 Å². The minimum absolute atomic E-state index is 0. The number of nitrogens with one attached hydrogen (secondary N) is 1. The molecular formula is C17H28Cl2N4O2. The summed E-state index contributed by atoms with van der Waals surface area (Å²) in [5.74, 6) is 0.229. The molecule has 2 heterocycles. The van der Waals surface area contributed by atoms with E-state index in [1.54, 1.807) is 11.0 Å². The van der Waals surface area contributed by atoms with E-state index in [0.29, 0.717) is 25.3 Å². The first-order valence-corrected chi connectivity index (χ1v) is 8.30. The van der Waals surface area contributed by atoms with Gasteiger partial charge in [0.05, 0.1) is 12.0 Å². The van der Waals surface area contributed by atoms with Crippen molar-refractivity contribution in [1.82, 2.24) is 9.88 Å². The third kappa shape index (κ3) is 6.80. The highest BCUT2D eigenvalue weighted by Gasteiger charge is 2.30. The van der Waals surface area contributed by atoms with Crippen LogP contribution in [0.2, 0.25) is 0 Å². The molecule has 1 aromatic rings. The first kappa shape index (κ1) is 23.6. The maximum absolute atomic E-state index is 12.4. The lowest BCUT2D eigenvalue weighted by Gasteiger charge is -2.33. The fraction of sp³-hybridized carbons (Fsp3) is 0.588. The molecule has 0 radical (unpaired) electrons. The van der Waals surface area contributed by atoms with Crippen molar-refractivity contribution in [3.63, 3.8) is 0 Å². The molecule has 2 unspecified atom stereocenters. The number of amides is 2. The average molecular weight is 391 g/mol. The molecule has 2 atom stereocenters. The SMILES string of the molecule is CCCC(N)C(=O)N1CCCC(C(=O)Nc2cccc(C)n2)C1.Cl.Cl. The van der Waals surface area contributed by atoms with Crippen molar-refractivity contribution in [2.24, 2.45) is 11.7 Å². The van der Waals surface area contributed by atoms with E-state index in [2.05, 4.69) is 10.3 Å². The van der Waals surface area contributed by atoms with Crippen molar-refractivity contribution >= 4 is 42.4 Å². The number of hydrogen-bond donors (Lipinski definition) is 2. The van der Waals surface area contributed by atoms with Gasteiger partial charge in [-0.1, -0.05) is 19.4 Å². The number of carbonyl (C=O) groups is 2. The standard InChI is InChI=1S/C17H26N4O2.2ClH/c1-3-6-14(18)17(23)21-10-5-8-13(11-21)16(22)20-15-9-4-7-12(2)19-15;;/h4,7,9,13-14H,3,5-6,8,10-11,18H2,1-2H3,(H,19,20,22);2*1H. The molecule has 0 spiro atoms. The Morgan fingerprint density at radius 2 is 2.12 bits per heavy atom. The van der Waals surface area contributed by atoms with E-state index >= 15 is 0 Å². The maximum Gasteiger partial charge on any atom is 0.239 e. The molecular weight excluding hydrogens is 363 g/mol. The van der Waals surface area contributed by atoms with E-state index < -0.39 is 6.04 Å². The minimum Gasteiger partial charge on any atom is -0.341 e. The molecule has 0 aliphatic carbocycles. The van der Waals surface area contributed by atoms with Gasteiger partial charge >= 0.3 is 0 Å². The lowest BCUT2D eigenvalue weighted by atomic mass is 9.96. The summed E-state index contributed by atoms with van der Waals surface area (Å²) in [7, 11) is 0. The zero-order chi connectivity index (χ0) is 16.8. The number of hydrogen-bond acceptors (Lipinski definition) is 4. The van der Waals surface area contributed by atoms with Gasteiger partial charge in [0.2, 0.25) is 11.8 Å². The number of aromatic nitrogens is 1. The number of carbonyl (C=O) groups excluding carboxylic acids is 2. The zero-order valence-corrected chi connectivity index (χ0v) is 16.4. The Labute approximate surface area is 161 Å². The van der Waals surface area contributed by atoms with Crippen LogP contribution in [0.4, 0.5) is 5.82 Å². The van der Waals surface area contributed by atoms with Crippen LogP contribution in [0, 0.1) is 12.8 Å². The van der Waals surface area contributed by atoms with Gasteiger partial charge in [0.1, 0.15) is 5.82 Å². The van der Waals surface area contributed by atoms with Crippen molar-refractivity contribution in [2.75, 3.05) is 18.4 Å². The maximum atomic E-state index is 12.4. The number of aryl methyl sites for hydroxylation is 1. The van der Waals surface area contributed by atoms with Gasteiger partial charge in [-0.3, -0.25) is 9.59 Å². The molecule has 1 fully saturated rings. The summed E-state index contributed by atoms with van der Waals surface area (Å²) in [5, 5.41) is 2.85. The smallest absolute Gasteiger partial charge is 0.239 e. The number of likely N-dealkylation sites (tertiary alicyclic amines) is 1. The highest BCUT2D eigenvalue weighted by molar-refractivity contribution is 5.92. The number of rotatable bonds is 5. The number of piperidine rings is 1. The molecule has 1 saturated heterocycles. The van der Waals surface area contributed by atoms with Gasteiger partial charge in [-0.15, -0.1) is 24.8 Å². The summed E-state index contributed by atoms with van der Waals surface area (Å²) in [6.07, 6.45) is 3.16. The minimum atomic E-state index is -0.458. The molecule has 0 saturated carbocycles. The topological polar surface area (TPSA) is 88.3 Å². The molecule has 2 rings (SSSR count). The second kappa shape index (κ2) is 11.3. The van der Waals surface area contributed by atoms with Crippen LogP contribution in [0.5, 0.6) is 0 Å². The molecule has 1 aliphatic heterocycles.